The molecule has 0 amide bonds. The number of fused-ring (bicyclic) bond motifs is 7. The molecule has 5 nitrogen and oxygen atoms in total. The molecule has 0 fully saturated rings. The number of para-hydroxylation sites is 6. The van der Waals surface area contributed by atoms with Crippen LogP contribution in [0, 0.1) is 0 Å². The standard InChI is InChI=1S/C60H38N2O3/c1-3-13-39(14-4-1)43-29-35-53-57(37-43)63-55-23-9-7-21-51(55)61(53)45-31-25-41(26-32-45)47-17-11-19-49-50-20-12-18-48(60(50)65-59(47)49)42-27-33-46(34-28-42)62-52-22-8-10-24-56(52)64-58-38-44(30-36-54(58)62)40-15-5-2-6-16-40/h1-38H. The molecule has 0 saturated heterocycles. The highest BCUT2D eigenvalue weighted by Gasteiger charge is 2.28. The Bertz CT molecular complexity index is 3360. The third kappa shape index (κ3) is 6.16. The molecule has 0 atom stereocenters. The number of furan rings is 1. The van der Waals surface area contributed by atoms with Gasteiger partial charge in [0.05, 0.1) is 22.7 Å². The molecule has 5 heteroatoms. The second-order valence-corrected chi connectivity index (χ2v) is 16.5. The lowest BCUT2D eigenvalue weighted by Crippen LogP contribution is -2.15. The van der Waals surface area contributed by atoms with Crippen LogP contribution in [0.5, 0.6) is 23.0 Å². The van der Waals surface area contributed by atoms with Gasteiger partial charge in [0, 0.05) is 33.3 Å². The Morgan fingerprint density at radius 1 is 0.262 bits per heavy atom. The molecular weight excluding hydrogens is 797 g/mol. The quantitative estimate of drug-likeness (QED) is 0.167. The predicted molar refractivity (Wildman–Crippen MR) is 265 cm³/mol. The highest BCUT2D eigenvalue weighted by Crippen LogP contribution is 2.53. The van der Waals surface area contributed by atoms with Crippen LogP contribution >= 0.6 is 0 Å². The molecule has 306 valence electrons. The zero-order valence-electron chi connectivity index (χ0n) is 35.1. The van der Waals surface area contributed by atoms with E-state index in [4.69, 9.17) is 13.9 Å². The van der Waals surface area contributed by atoms with E-state index < -0.39 is 0 Å². The zero-order valence-corrected chi connectivity index (χ0v) is 35.1. The van der Waals surface area contributed by atoms with Crippen molar-refractivity contribution in [3.63, 3.8) is 0 Å². The normalized spacial score (nSPS) is 12.5. The highest BCUT2D eigenvalue weighted by molar-refractivity contribution is 6.13. The molecule has 1 aromatic heterocycles. The van der Waals surface area contributed by atoms with Gasteiger partial charge in [-0.15, -0.1) is 0 Å². The molecule has 0 aliphatic carbocycles. The monoisotopic (exact) mass is 834 g/mol. The van der Waals surface area contributed by atoms with Crippen LogP contribution in [0.15, 0.2) is 235 Å². The lowest BCUT2D eigenvalue weighted by molar-refractivity contribution is 0.477. The van der Waals surface area contributed by atoms with E-state index in [1.165, 1.54) is 0 Å². The van der Waals surface area contributed by atoms with Crippen LogP contribution < -0.4 is 19.3 Å². The minimum absolute atomic E-state index is 0.820. The number of benzene rings is 10. The third-order valence-corrected chi connectivity index (χ3v) is 12.7. The fourth-order valence-electron chi connectivity index (χ4n) is 9.55. The number of anilines is 6. The van der Waals surface area contributed by atoms with Crippen molar-refractivity contribution in [2.45, 2.75) is 0 Å². The molecule has 11 aromatic rings. The van der Waals surface area contributed by atoms with Gasteiger partial charge in [-0.1, -0.05) is 158 Å². The summed E-state index contributed by atoms with van der Waals surface area (Å²) in [7, 11) is 0. The van der Waals surface area contributed by atoms with Crippen LogP contribution in [0.1, 0.15) is 0 Å². The molecule has 0 radical (unpaired) electrons. The largest absolute Gasteiger partial charge is 0.455 e. The maximum Gasteiger partial charge on any atom is 0.152 e. The smallest absolute Gasteiger partial charge is 0.152 e. The second-order valence-electron chi connectivity index (χ2n) is 16.5. The average Bonchev–Trinajstić information content (AvgIpc) is 3.77. The van der Waals surface area contributed by atoms with E-state index in [1.54, 1.807) is 0 Å². The van der Waals surface area contributed by atoms with Crippen molar-refractivity contribution in [1.29, 1.82) is 0 Å². The van der Waals surface area contributed by atoms with Gasteiger partial charge in [-0.2, -0.15) is 0 Å². The number of ether oxygens (including phenoxy) is 2. The Labute approximate surface area is 376 Å². The molecule has 0 unspecified atom stereocenters. The molecule has 2 aliphatic heterocycles. The van der Waals surface area contributed by atoms with Crippen LogP contribution in [0.3, 0.4) is 0 Å². The average molecular weight is 835 g/mol. The van der Waals surface area contributed by atoms with Gasteiger partial charge in [-0.25, -0.2) is 0 Å². The summed E-state index contributed by atoms with van der Waals surface area (Å²) in [4.78, 5) is 4.56. The van der Waals surface area contributed by atoms with Crippen LogP contribution in [0.2, 0.25) is 0 Å². The van der Waals surface area contributed by atoms with E-state index >= 15 is 0 Å². The number of rotatable bonds is 6. The first-order valence-electron chi connectivity index (χ1n) is 21.9. The molecular formula is C60H38N2O3. The van der Waals surface area contributed by atoms with Crippen molar-refractivity contribution in [2.75, 3.05) is 9.80 Å². The van der Waals surface area contributed by atoms with Gasteiger partial charge in [0.2, 0.25) is 0 Å². The highest BCUT2D eigenvalue weighted by atomic mass is 16.5. The van der Waals surface area contributed by atoms with Crippen molar-refractivity contribution in [3.8, 4) is 67.5 Å². The van der Waals surface area contributed by atoms with E-state index in [9.17, 15) is 0 Å². The number of hydrogen-bond acceptors (Lipinski definition) is 5. The van der Waals surface area contributed by atoms with E-state index in [0.717, 1.165) is 124 Å². The van der Waals surface area contributed by atoms with E-state index in [1.807, 2.05) is 36.4 Å². The number of nitrogens with zero attached hydrogens (tertiary/aromatic N) is 2. The Morgan fingerprint density at radius 3 is 1.09 bits per heavy atom. The van der Waals surface area contributed by atoms with E-state index in [2.05, 4.69) is 204 Å². The molecule has 0 bridgehead atoms. The summed E-state index contributed by atoms with van der Waals surface area (Å²) in [6.45, 7) is 0. The van der Waals surface area contributed by atoms with Gasteiger partial charge >= 0.3 is 0 Å². The molecule has 2 aliphatic rings. The van der Waals surface area contributed by atoms with Crippen molar-refractivity contribution >= 4 is 56.1 Å². The van der Waals surface area contributed by atoms with E-state index in [0.29, 0.717) is 0 Å². The van der Waals surface area contributed by atoms with Crippen LogP contribution in [-0.4, -0.2) is 0 Å². The Hall–Kier alpha value is -8.80. The van der Waals surface area contributed by atoms with Gasteiger partial charge < -0.3 is 23.7 Å². The van der Waals surface area contributed by atoms with Gasteiger partial charge in [-0.3, -0.25) is 0 Å². The Balaban J connectivity index is 0.843. The summed E-state index contributed by atoms with van der Waals surface area (Å²) in [5.41, 5.74) is 16.6. The summed E-state index contributed by atoms with van der Waals surface area (Å²) in [5.74, 6) is 3.28. The molecule has 65 heavy (non-hydrogen) atoms. The third-order valence-electron chi connectivity index (χ3n) is 12.7. The number of hydrogen-bond donors (Lipinski definition) is 0. The summed E-state index contributed by atoms with van der Waals surface area (Å²) in [5, 5.41) is 2.17. The van der Waals surface area contributed by atoms with Crippen molar-refractivity contribution in [3.05, 3.63) is 231 Å². The maximum absolute atomic E-state index is 6.94. The fraction of sp³-hybridized carbons (Fsp3) is 0. The molecule has 0 N–H and O–H groups in total. The lowest BCUT2D eigenvalue weighted by atomic mass is 9.99. The van der Waals surface area contributed by atoms with Gasteiger partial charge in [0.25, 0.3) is 0 Å². The first-order chi connectivity index (χ1) is 32.2. The van der Waals surface area contributed by atoms with Gasteiger partial charge in [0.1, 0.15) is 11.2 Å². The molecule has 0 spiro atoms. The zero-order chi connectivity index (χ0) is 42.8. The predicted octanol–water partition coefficient (Wildman–Crippen LogP) is 17.4. The first kappa shape index (κ1) is 36.8. The van der Waals surface area contributed by atoms with Crippen LogP contribution in [-0.2, 0) is 0 Å². The molecule has 10 aromatic carbocycles. The molecule has 0 saturated carbocycles. The summed E-state index contributed by atoms with van der Waals surface area (Å²) < 4.78 is 20.0. The summed E-state index contributed by atoms with van der Waals surface area (Å²) in [6.07, 6.45) is 0. The van der Waals surface area contributed by atoms with E-state index in [-0.39, 0.29) is 0 Å². The Kier molecular flexibility index (Phi) is 8.46. The van der Waals surface area contributed by atoms with Crippen molar-refractivity contribution in [2.24, 2.45) is 0 Å². The van der Waals surface area contributed by atoms with Crippen LogP contribution in [0.4, 0.5) is 34.1 Å². The first-order valence-corrected chi connectivity index (χ1v) is 21.9. The SMILES string of the molecule is c1ccc(-c2ccc3c(c2)Oc2ccccc2N3c2ccc(-c3cccc4c3oc3c(-c5ccc(N6c7ccccc7Oc7cc(-c8ccccc8)ccc76)cc5)cccc34)cc2)cc1. The minimum atomic E-state index is 0.820. The Morgan fingerprint density at radius 2 is 0.646 bits per heavy atom. The fourth-order valence-corrected chi connectivity index (χ4v) is 9.55. The minimum Gasteiger partial charge on any atom is -0.455 e. The van der Waals surface area contributed by atoms with Crippen molar-refractivity contribution < 1.29 is 13.9 Å². The summed E-state index contributed by atoms with van der Waals surface area (Å²) >= 11 is 0. The van der Waals surface area contributed by atoms with Crippen molar-refractivity contribution in [1.82, 2.24) is 0 Å². The molecule has 3 heterocycles. The maximum atomic E-state index is 6.94. The van der Waals surface area contributed by atoms with Gasteiger partial charge in [0.15, 0.2) is 23.0 Å². The van der Waals surface area contributed by atoms with Gasteiger partial charge in [-0.05, 0) is 106 Å². The van der Waals surface area contributed by atoms with Crippen LogP contribution in [0.25, 0.3) is 66.4 Å². The lowest BCUT2D eigenvalue weighted by Gasteiger charge is -2.33. The second kappa shape index (κ2) is 14.9. The molecule has 13 rings (SSSR count). The summed E-state index contributed by atoms with van der Waals surface area (Å²) in [6, 6.07) is 80.6. The topological polar surface area (TPSA) is 38.1 Å².